The second-order valence-corrected chi connectivity index (χ2v) is 7.28. The van der Waals surface area contributed by atoms with Gasteiger partial charge in [0.25, 0.3) is 5.56 Å². The number of hydrogen-bond acceptors (Lipinski definition) is 6. The Morgan fingerprint density at radius 3 is 2.81 bits per heavy atom. The van der Waals surface area contributed by atoms with Crippen molar-refractivity contribution >= 4 is 28.6 Å². The lowest BCUT2D eigenvalue weighted by Crippen LogP contribution is -2.24. The number of benzene rings is 1. The van der Waals surface area contributed by atoms with Crippen LogP contribution in [0.15, 0.2) is 51.0 Å². The molecule has 6 nitrogen and oxygen atoms in total. The quantitative estimate of drug-likeness (QED) is 0.374. The molecule has 0 fully saturated rings. The largest absolute Gasteiger partial charge is 0.467 e. The summed E-state index contributed by atoms with van der Waals surface area (Å²) in [7, 11) is 1.32. The minimum absolute atomic E-state index is 0.158. The standard InChI is InChI=1S/C19H20N2O4S/c1-12(2)11-26-19-20-16-9-13(18(23)24-3)6-7-15(16)17(22)21(19)10-14-5-4-8-25-14/h4-9,12H,10-11H2,1-3H3. The maximum Gasteiger partial charge on any atom is 0.337 e. The third-order valence-corrected chi connectivity index (χ3v) is 5.18. The van der Waals surface area contributed by atoms with Crippen molar-refractivity contribution < 1.29 is 13.9 Å². The molecule has 0 saturated carbocycles. The highest BCUT2D eigenvalue weighted by atomic mass is 32.2. The number of thioether (sulfide) groups is 1. The summed E-state index contributed by atoms with van der Waals surface area (Å²) in [5.74, 6) is 1.51. The number of rotatable bonds is 6. The van der Waals surface area contributed by atoms with E-state index in [9.17, 15) is 9.59 Å². The van der Waals surface area contributed by atoms with Crippen LogP contribution < -0.4 is 5.56 Å². The Kier molecular flexibility index (Phi) is 5.46. The topological polar surface area (TPSA) is 74.3 Å². The van der Waals surface area contributed by atoms with E-state index in [0.29, 0.717) is 39.8 Å². The summed E-state index contributed by atoms with van der Waals surface area (Å²) in [6.45, 7) is 4.53. The predicted octanol–water partition coefficient (Wildman–Crippen LogP) is 3.57. The molecule has 136 valence electrons. The van der Waals surface area contributed by atoms with E-state index in [0.717, 1.165) is 5.75 Å². The van der Waals surface area contributed by atoms with Crippen LogP contribution in [0.5, 0.6) is 0 Å². The summed E-state index contributed by atoms with van der Waals surface area (Å²) >= 11 is 1.52. The molecular formula is C19H20N2O4S. The van der Waals surface area contributed by atoms with Gasteiger partial charge in [-0.2, -0.15) is 0 Å². The molecule has 0 aliphatic rings. The van der Waals surface area contributed by atoms with Gasteiger partial charge in [0.2, 0.25) is 0 Å². The van der Waals surface area contributed by atoms with Gasteiger partial charge in [-0.05, 0) is 36.2 Å². The minimum Gasteiger partial charge on any atom is -0.467 e. The first kappa shape index (κ1) is 18.3. The first-order valence-electron chi connectivity index (χ1n) is 8.27. The lowest BCUT2D eigenvalue weighted by atomic mass is 10.1. The Balaban J connectivity index is 2.13. The van der Waals surface area contributed by atoms with Gasteiger partial charge in [0.1, 0.15) is 5.76 Å². The molecule has 1 aromatic carbocycles. The predicted molar refractivity (Wildman–Crippen MR) is 101 cm³/mol. The summed E-state index contributed by atoms with van der Waals surface area (Å²) in [5.41, 5.74) is 0.699. The first-order valence-corrected chi connectivity index (χ1v) is 9.26. The van der Waals surface area contributed by atoms with Crippen LogP contribution in [-0.4, -0.2) is 28.4 Å². The molecule has 0 aliphatic carbocycles. The van der Waals surface area contributed by atoms with Gasteiger partial charge in [-0.15, -0.1) is 0 Å². The average molecular weight is 372 g/mol. The Labute approximate surface area is 155 Å². The van der Waals surface area contributed by atoms with Gasteiger partial charge in [0.05, 0.1) is 36.4 Å². The van der Waals surface area contributed by atoms with Crippen LogP contribution in [0.25, 0.3) is 10.9 Å². The second kappa shape index (κ2) is 7.78. The van der Waals surface area contributed by atoms with Crippen molar-refractivity contribution in [3.05, 3.63) is 58.3 Å². The SMILES string of the molecule is COC(=O)c1ccc2c(=O)n(Cc3ccco3)c(SCC(C)C)nc2c1. The number of fused-ring (bicyclic) bond motifs is 1. The normalized spacial score (nSPS) is 11.2. The van der Waals surface area contributed by atoms with Crippen molar-refractivity contribution in [1.29, 1.82) is 0 Å². The Morgan fingerprint density at radius 1 is 1.35 bits per heavy atom. The molecule has 2 aromatic heterocycles. The van der Waals surface area contributed by atoms with E-state index in [1.807, 2.05) is 6.07 Å². The van der Waals surface area contributed by atoms with Crippen LogP contribution in [0.1, 0.15) is 30.0 Å². The third kappa shape index (κ3) is 3.83. The monoisotopic (exact) mass is 372 g/mol. The van der Waals surface area contributed by atoms with Crippen molar-refractivity contribution in [2.24, 2.45) is 5.92 Å². The summed E-state index contributed by atoms with van der Waals surface area (Å²) < 4.78 is 11.8. The number of aromatic nitrogens is 2. The fourth-order valence-corrected chi connectivity index (χ4v) is 3.44. The van der Waals surface area contributed by atoms with Gasteiger partial charge in [-0.1, -0.05) is 25.6 Å². The molecule has 0 bridgehead atoms. The highest BCUT2D eigenvalue weighted by Crippen LogP contribution is 2.22. The molecule has 7 heteroatoms. The zero-order valence-corrected chi connectivity index (χ0v) is 15.7. The second-order valence-electron chi connectivity index (χ2n) is 6.29. The first-order chi connectivity index (χ1) is 12.5. The number of ether oxygens (including phenoxy) is 1. The molecule has 0 amide bonds. The third-order valence-electron chi connectivity index (χ3n) is 3.78. The minimum atomic E-state index is -0.454. The highest BCUT2D eigenvalue weighted by molar-refractivity contribution is 7.99. The number of carbonyl (C=O) groups excluding carboxylic acids is 1. The van der Waals surface area contributed by atoms with Gasteiger partial charge in [0.15, 0.2) is 5.16 Å². The Bertz CT molecular complexity index is 977. The molecule has 0 radical (unpaired) electrons. The van der Waals surface area contributed by atoms with Crippen LogP contribution in [0.3, 0.4) is 0 Å². The fraction of sp³-hybridized carbons (Fsp3) is 0.316. The maximum absolute atomic E-state index is 13.0. The summed E-state index contributed by atoms with van der Waals surface area (Å²) in [6, 6.07) is 8.41. The van der Waals surface area contributed by atoms with Gasteiger partial charge < -0.3 is 9.15 Å². The molecule has 0 spiro atoms. The van der Waals surface area contributed by atoms with Gasteiger partial charge >= 0.3 is 5.97 Å². The van der Waals surface area contributed by atoms with Crippen LogP contribution >= 0.6 is 11.8 Å². The van der Waals surface area contributed by atoms with Crippen LogP contribution in [-0.2, 0) is 11.3 Å². The zero-order valence-electron chi connectivity index (χ0n) is 14.9. The molecule has 3 rings (SSSR count). The van der Waals surface area contributed by atoms with Gasteiger partial charge in [-0.25, -0.2) is 9.78 Å². The molecule has 0 N–H and O–H groups in total. The van der Waals surface area contributed by atoms with E-state index in [1.165, 1.54) is 18.9 Å². The number of methoxy groups -OCH3 is 1. The van der Waals surface area contributed by atoms with Crippen LogP contribution in [0.2, 0.25) is 0 Å². The Hall–Kier alpha value is -2.54. The highest BCUT2D eigenvalue weighted by Gasteiger charge is 2.15. The zero-order chi connectivity index (χ0) is 18.7. The molecule has 0 atom stereocenters. The van der Waals surface area contributed by atoms with Crippen molar-refractivity contribution in [1.82, 2.24) is 9.55 Å². The smallest absolute Gasteiger partial charge is 0.337 e. The molecule has 0 aliphatic heterocycles. The summed E-state index contributed by atoms with van der Waals surface area (Å²) in [6.07, 6.45) is 1.58. The molecular weight excluding hydrogens is 352 g/mol. The van der Waals surface area contributed by atoms with E-state index in [2.05, 4.69) is 18.8 Å². The van der Waals surface area contributed by atoms with Crippen LogP contribution in [0.4, 0.5) is 0 Å². The lowest BCUT2D eigenvalue weighted by Gasteiger charge is -2.13. The molecule has 3 aromatic rings. The van der Waals surface area contributed by atoms with Gasteiger partial charge in [-0.3, -0.25) is 9.36 Å². The number of hydrogen-bond donors (Lipinski definition) is 0. The summed E-state index contributed by atoms with van der Waals surface area (Å²) in [4.78, 5) is 29.4. The number of furan rings is 1. The fourth-order valence-electron chi connectivity index (χ4n) is 2.49. The van der Waals surface area contributed by atoms with E-state index in [1.54, 1.807) is 35.1 Å². The molecule has 26 heavy (non-hydrogen) atoms. The molecule has 2 heterocycles. The summed E-state index contributed by atoms with van der Waals surface area (Å²) in [5, 5.41) is 1.06. The van der Waals surface area contributed by atoms with Gasteiger partial charge in [0, 0.05) is 5.75 Å². The number of nitrogens with zero attached hydrogens (tertiary/aromatic N) is 2. The van der Waals surface area contributed by atoms with Crippen molar-refractivity contribution in [3.63, 3.8) is 0 Å². The van der Waals surface area contributed by atoms with Crippen molar-refractivity contribution in [3.8, 4) is 0 Å². The number of esters is 1. The lowest BCUT2D eigenvalue weighted by molar-refractivity contribution is 0.0601. The van der Waals surface area contributed by atoms with E-state index < -0.39 is 5.97 Å². The maximum atomic E-state index is 13.0. The number of carbonyl (C=O) groups is 1. The average Bonchev–Trinajstić information content (AvgIpc) is 3.14. The molecule has 0 unspecified atom stereocenters. The van der Waals surface area contributed by atoms with E-state index in [4.69, 9.17) is 9.15 Å². The van der Waals surface area contributed by atoms with Crippen molar-refractivity contribution in [2.75, 3.05) is 12.9 Å². The Morgan fingerprint density at radius 2 is 2.15 bits per heavy atom. The van der Waals surface area contributed by atoms with Crippen molar-refractivity contribution in [2.45, 2.75) is 25.5 Å². The van der Waals surface area contributed by atoms with E-state index >= 15 is 0 Å². The van der Waals surface area contributed by atoms with E-state index in [-0.39, 0.29) is 5.56 Å². The van der Waals surface area contributed by atoms with Crippen LogP contribution in [0, 0.1) is 5.92 Å². The molecule has 0 saturated heterocycles.